The molecule has 1 atom stereocenters. The molecule has 7 heteroatoms. The number of benzene rings is 1. The fraction of sp³-hybridized carbons (Fsp3) is 0.455. The number of rotatable bonds is 4. The molecule has 0 spiro atoms. The Bertz CT molecular complexity index is 984. The van der Waals surface area contributed by atoms with Crippen molar-refractivity contribution in [3.63, 3.8) is 0 Å². The maximum absolute atomic E-state index is 14.0. The van der Waals surface area contributed by atoms with Crippen molar-refractivity contribution in [2.45, 2.75) is 25.3 Å². The number of piperidine rings is 1. The highest BCUT2D eigenvalue weighted by molar-refractivity contribution is 5.51. The molecule has 2 aliphatic heterocycles. The first-order valence-electron chi connectivity index (χ1n) is 10.4. The van der Waals surface area contributed by atoms with E-state index in [1.54, 1.807) is 6.07 Å². The smallest absolute Gasteiger partial charge is 0.156 e. The summed E-state index contributed by atoms with van der Waals surface area (Å²) in [7, 11) is 0. The molecule has 5 rings (SSSR count). The molecule has 2 fully saturated rings. The number of likely N-dealkylation sites (tertiary alicyclic amines) is 1. The van der Waals surface area contributed by atoms with Gasteiger partial charge >= 0.3 is 0 Å². The number of morpholine rings is 1. The monoisotopic (exact) mass is 395 g/mol. The molecule has 2 saturated heterocycles. The summed E-state index contributed by atoms with van der Waals surface area (Å²) in [5.74, 6) is 1.04. The van der Waals surface area contributed by atoms with Gasteiger partial charge in [0.1, 0.15) is 5.82 Å². The lowest BCUT2D eigenvalue weighted by atomic mass is 9.97. The Balaban J connectivity index is 1.32. The Morgan fingerprint density at radius 3 is 2.79 bits per heavy atom. The number of nitrogens with zero attached hydrogens (tertiary/aromatic N) is 5. The predicted molar refractivity (Wildman–Crippen MR) is 110 cm³/mol. The van der Waals surface area contributed by atoms with Crippen molar-refractivity contribution < 1.29 is 9.13 Å². The Morgan fingerprint density at radius 1 is 1.07 bits per heavy atom. The molecular formula is C22H26FN5O. The number of ether oxygens (including phenoxy) is 1. The van der Waals surface area contributed by atoms with Crippen LogP contribution in [0.2, 0.25) is 0 Å². The molecule has 1 aromatic carbocycles. The van der Waals surface area contributed by atoms with E-state index in [1.165, 1.54) is 6.07 Å². The average Bonchev–Trinajstić information content (AvgIpc) is 3.20. The molecule has 29 heavy (non-hydrogen) atoms. The van der Waals surface area contributed by atoms with Gasteiger partial charge in [0.15, 0.2) is 11.5 Å². The Hall–Kier alpha value is -2.51. The first kappa shape index (κ1) is 18.5. The Morgan fingerprint density at radius 2 is 1.93 bits per heavy atom. The van der Waals surface area contributed by atoms with Crippen LogP contribution in [0.5, 0.6) is 0 Å². The zero-order valence-corrected chi connectivity index (χ0v) is 16.5. The van der Waals surface area contributed by atoms with Crippen LogP contribution in [0.4, 0.5) is 10.1 Å². The highest BCUT2D eigenvalue weighted by Crippen LogP contribution is 2.27. The minimum Gasteiger partial charge on any atom is -0.378 e. The summed E-state index contributed by atoms with van der Waals surface area (Å²) in [6, 6.07) is 11.2. The van der Waals surface area contributed by atoms with Gasteiger partial charge in [-0.05, 0) is 37.6 Å². The van der Waals surface area contributed by atoms with Gasteiger partial charge in [0, 0.05) is 37.7 Å². The summed E-state index contributed by atoms with van der Waals surface area (Å²) in [6.07, 6.45) is 4.21. The van der Waals surface area contributed by atoms with Crippen LogP contribution in [0.1, 0.15) is 30.1 Å². The lowest BCUT2D eigenvalue weighted by molar-refractivity contribution is 0.122. The molecule has 0 bridgehead atoms. The van der Waals surface area contributed by atoms with Crippen molar-refractivity contribution in [2.75, 3.05) is 44.3 Å². The van der Waals surface area contributed by atoms with Crippen molar-refractivity contribution in [1.29, 1.82) is 0 Å². The van der Waals surface area contributed by atoms with Crippen LogP contribution < -0.4 is 4.90 Å². The summed E-state index contributed by atoms with van der Waals surface area (Å²) in [5.41, 5.74) is 2.79. The maximum Gasteiger partial charge on any atom is 0.156 e. The highest BCUT2D eigenvalue weighted by Gasteiger charge is 2.25. The molecule has 6 nitrogen and oxygen atoms in total. The van der Waals surface area contributed by atoms with Gasteiger partial charge in [-0.1, -0.05) is 18.2 Å². The van der Waals surface area contributed by atoms with Crippen molar-refractivity contribution >= 4 is 11.3 Å². The van der Waals surface area contributed by atoms with Gasteiger partial charge in [0.2, 0.25) is 0 Å². The molecule has 0 radical (unpaired) electrons. The van der Waals surface area contributed by atoms with Crippen LogP contribution in [-0.4, -0.2) is 58.9 Å². The van der Waals surface area contributed by atoms with E-state index in [-0.39, 0.29) is 11.7 Å². The molecule has 0 amide bonds. The molecule has 4 heterocycles. The summed E-state index contributed by atoms with van der Waals surface area (Å²) in [5, 5.41) is 4.80. The van der Waals surface area contributed by atoms with Crippen LogP contribution in [0.15, 0.2) is 42.6 Å². The lowest BCUT2D eigenvalue weighted by Gasteiger charge is -2.31. The first-order chi connectivity index (χ1) is 14.3. The van der Waals surface area contributed by atoms with E-state index < -0.39 is 0 Å². The Labute approximate surface area is 169 Å². The van der Waals surface area contributed by atoms with Gasteiger partial charge in [0.05, 0.1) is 25.1 Å². The minimum atomic E-state index is -0.129. The van der Waals surface area contributed by atoms with Gasteiger partial charge in [0.25, 0.3) is 0 Å². The number of fused-ring (bicyclic) bond motifs is 1. The molecule has 0 unspecified atom stereocenters. The number of aromatic nitrogens is 3. The standard InChI is InChI=1S/C22H26FN5O/c23-20-6-2-1-4-17(20)14-26-9-3-5-18(15-26)22-24-21-8-7-19(16-28(21)25-22)27-10-12-29-13-11-27/h1-2,4,6-8,16,18H,3,5,9-15H2/t18-/m0/s1. The summed E-state index contributed by atoms with van der Waals surface area (Å²) in [6.45, 7) is 5.82. The number of pyridine rings is 1. The van der Waals surface area contributed by atoms with E-state index in [0.29, 0.717) is 6.54 Å². The summed E-state index contributed by atoms with van der Waals surface area (Å²) < 4.78 is 21.4. The van der Waals surface area contributed by atoms with Crippen molar-refractivity contribution in [1.82, 2.24) is 19.5 Å². The fourth-order valence-electron chi connectivity index (χ4n) is 4.35. The van der Waals surface area contributed by atoms with E-state index in [1.807, 2.05) is 22.7 Å². The molecular weight excluding hydrogens is 369 g/mol. The largest absolute Gasteiger partial charge is 0.378 e. The van der Waals surface area contributed by atoms with E-state index in [9.17, 15) is 4.39 Å². The summed E-state index contributed by atoms with van der Waals surface area (Å²) >= 11 is 0. The number of hydrogen-bond acceptors (Lipinski definition) is 5. The summed E-state index contributed by atoms with van der Waals surface area (Å²) in [4.78, 5) is 9.43. The van der Waals surface area contributed by atoms with E-state index in [4.69, 9.17) is 14.8 Å². The Kier molecular flexibility index (Phi) is 5.16. The topological polar surface area (TPSA) is 45.9 Å². The third kappa shape index (κ3) is 3.97. The van der Waals surface area contributed by atoms with Crippen LogP contribution in [0.25, 0.3) is 5.65 Å². The zero-order valence-electron chi connectivity index (χ0n) is 16.5. The average molecular weight is 395 g/mol. The van der Waals surface area contributed by atoms with Gasteiger partial charge in [-0.2, -0.15) is 5.10 Å². The third-order valence-corrected chi connectivity index (χ3v) is 5.93. The maximum atomic E-state index is 14.0. The molecule has 2 aliphatic rings. The minimum absolute atomic E-state index is 0.129. The van der Waals surface area contributed by atoms with Crippen LogP contribution in [-0.2, 0) is 11.3 Å². The molecule has 3 aromatic rings. The lowest BCUT2D eigenvalue weighted by Crippen LogP contribution is -2.36. The van der Waals surface area contributed by atoms with E-state index >= 15 is 0 Å². The highest BCUT2D eigenvalue weighted by atomic mass is 19.1. The van der Waals surface area contributed by atoms with Crippen LogP contribution >= 0.6 is 0 Å². The molecule has 152 valence electrons. The second kappa shape index (κ2) is 8.08. The molecule has 0 saturated carbocycles. The van der Waals surface area contributed by atoms with Crippen molar-refractivity contribution in [3.8, 4) is 0 Å². The molecule has 0 N–H and O–H groups in total. The SMILES string of the molecule is Fc1ccccc1CN1CCC[C@H](c2nc3ccc(N4CCOCC4)cn3n2)C1. The molecule has 2 aromatic heterocycles. The third-order valence-electron chi connectivity index (χ3n) is 5.93. The van der Waals surface area contributed by atoms with Gasteiger partial charge in [-0.3, -0.25) is 4.90 Å². The first-order valence-corrected chi connectivity index (χ1v) is 10.4. The number of halogens is 1. The van der Waals surface area contributed by atoms with Crippen molar-refractivity contribution in [3.05, 3.63) is 59.8 Å². The second-order valence-corrected chi connectivity index (χ2v) is 7.93. The van der Waals surface area contributed by atoms with E-state index in [0.717, 1.165) is 75.0 Å². The quantitative estimate of drug-likeness (QED) is 0.679. The van der Waals surface area contributed by atoms with Crippen LogP contribution in [0.3, 0.4) is 0 Å². The second-order valence-electron chi connectivity index (χ2n) is 7.93. The zero-order chi connectivity index (χ0) is 19.6. The molecule has 0 aliphatic carbocycles. The van der Waals surface area contributed by atoms with Gasteiger partial charge in [-0.25, -0.2) is 13.9 Å². The number of hydrogen-bond donors (Lipinski definition) is 0. The van der Waals surface area contributed by atoms with Crippen LogP contribution in [0, 0.1) is 5.82 Å². The van der Waals surface area contributed by atoms with E-state index in [2.05, 4.69) is 22.1 Å². The van der Waals surface area contributed by atoms with Gasteiger partial charge in [-0.15, -0.1) is 0 Å². The predicted octanol–water partition coefficient (Wildman–Crippen LogP) is 3.08. The normalized spacial score (nSPS) is 21.0. The van der Waals surface area contributed by atoms with Crippen molar-refractivity contribution in [2.24, 2.45) is 0 Å². The van der Waals surface area contributed by atoms with Gasteiger partial charge < -0.3 is 9.64 Å². The number of anilines is 1. The fourth-order valence-corrected chi connectivity index (χ4v) is 4.35.